The van der Waals surface area contributed by atoms with Gasteiger partial charge < -0.3 is 10.0 Å². The van der Waals surface area contributed by atoms with Crippen LogP contribution in [0.25, 0.3) is 5.57 Å². The molecule has 0 radical (unpaired) electrons. The molecular weight excluding hydrogens is 304 g/mol. The van der Waals surface area contributed by atoms with Crippen molar-refractivity contribution in [2.45, 2.75) is 26.3 Å². The average molecular weight is 326 g/mol. The third-order valence-corrected chi connectivity index (χ3v) is 4.54. The van der Waals surface area contributed by atoms with Gasteiger partial charge in [0.25, 0.3) is 0 Å². The number of nitrogens with one attached hydrogen (secondary N) is 1. The molecule has 0 aliphatic carbocycles. The summed E-state index contributed by atoms with van der Waals surface area (Å²) >= 11 is 0. The Bertz CT molecular complexity index is 787. The van der Waals surface area contributed by atoms with Gasteiger partial charge in [-0.3, -0.25) is 0 Å². The van der Waals surface area contributed by atoms with Crippen molar-refractivity contribution >= 4 is 17.8 Å². The number of aliphatic imine (C=N–C) groups is 1. The first kappa shape index (κ1) is 16.3. The summed E-state index contributed by atoms with van der Waals surface area (Å²) in [6.45, 7) is 5.68. The van der Waals surface area contributed by atoms with Gasteiger partial charge in [0.15, 0.2) is 11.4 Å². The number of aliphatic carboxylic acids is 1. The lowest BCUT2D eigenvalue weighted by atomic mass is 9.83. The molecule has 1 atom stereocenters. The minimum absolute atomic E-state index is 0.628. The van der Waals surface area contributed by atoms with Gasteiger partial charge in [-0.05, 0) is 43.5 Å². The maximum Gasteiger partial charge on any atom is 0.330 e. The summed E-state index contributed by atoms with van der Waals surface area (Å²) in [6, 6.07) is 5.97. The number of hydrazine groups is 1. The van der Waals surface area contributed by atoms with Gasteiger partial charge in [0.2, 0.25) is 0 Å². The Morgan fingerprint density at radius 2 is 1.92 bits per heavy atom. The zero-order chi connectivity index (χ0) is 17.6. The molecule has 2 aliphatic rings. The normalized spacial score (nSPS) is 22.5. The highest BCUT2D eigenvalue weighted by atomic mass is 16.4. The number of aryl methyl sites for hydroxylation is 2. The smallest absolute Gasteiger partial charge is 0.330 e. The Morgan fingerprint density at radius 1 is 1.29 bits per heavy atom. The number of hydrogen-bond acceptors (Lipinski definition) is 5. The summed E-state index contributed by atoms with van der Waals surface area (Å²) in [5, 5.41) is 11.7. The number of hydrogen-bond donors (Lipinski definition) is 2. The van der Waals surface area contributed by atoms with Crippen LogP contribution in [0.2, 0.25) is 0 Å². The molecule has 0 saturated carbocycles. The molecule has 0 fully saturated rings. The van der Waals surface area contributed by atoms with Crippen molar-refractivity contribution in [1.29, 1.82) is 0 Å². The number of benzene rings is 1. The molecule has 0 aromatic heterocycles. The van der Waals surface area contributed by atoms with Gasteiger partial charge in [0.1, 0.15) is 5.82 Å². The van der Waals surface area contributed by atoms with Crippen molar-refractivity contribution in [2.75, 3.05) is 14.1 Å². The highest BCUT2D eigenvalue weighted by Crippen LogP contribution is 2.42. The quantitative estimate of drug-likeness (QED) is 0.890. The zero-order valence-corrected chi connectivity index (χ0v) is 14.6. The highest BCUT2D eigenvalue weighted by molar-refractivity contribution is 6.00. The predicted octanol–water partition coefficient (Wildman–Crippen LogP) is 2.12. The lowest BCUT2D eigenvalue weighted by molar-refractivity contribution is -0.142. The van der Waals surface area contributed by atoms with E-state index in [-0.39, 0.29) is 0 Å². The van der Waals surface area contributed by atoms with E-state index < -0.39 is 11.5 Å². The van der Waals surface area contributed by atoms with E-state index in [0.717, 1.165) is 22.5 Å². The minimum atomic E-state index is -1.26. The summed E-state index contributed by atoms with van der Waals surface area (Å²) in [4.78, 5) is 18.6. The second kappa shape index (κ2) is 5.49. The van der Waals surface area contributed by atoms with Crippen molar-refractivity contribution < 1.29 is 9.90 Å². The Morgan fingerprint density at radius 3 is 2.46 bits per heavy atom. The molecule has 6 nitrogen and oxygen atoms in total. The van der Waals surface area contributed by atoms with Gasteiger partial charge in [-0.2, -0.15) is 0 Å². The fourth-order valence-corrected chi connectivity index (χ4v) is 3.28. The second-order valence-electron chi connectivity index (χ2n) is 6.54. The molecule has 0 saturated heterocycles. The van der Waals surface area contributed by atoms with Crippen LogP contribution in [0, 0.1) is 13.8 Å². The molecule has 0 amide bonds. The standard InChI is InChI=1S/C18H22N4O2/c1-11-7-6-8-12(2)14(11)15-16-19-10-9-13(21(4)5)22(16)20-18(15,3)17(23)24/h6-10,20H,1-5H3,(H,23,24). The second-order valence-corrected chi connectivity index (χ2v) is 6.54. The van der Waals surface area contributed by atoms with Crippen LogP contribution in [0.15, 0.2) is 40.9 Å². The van der Waals surface area contributed by atoms with Crippen molar-refractivity contribution in [1.82, 2.24) is 15.3 Å². The van der Waals surface area contributed by atoms with E-state index >= 15 is 0 Å². The molecule has 24 heavy (non-hydrogen) atoms. The minimum Gasteiger partial charge on any atom is -0.480 e. The van der Waals surface area contributed by atoms with Crippen molar-refractivity contribution in [2.24, 2.45) is 4.99 Å². The first-order chi connectivity index (χ1) is 11.3. The molecule has 126 valence electrons. The fourth-order valence-electron chi connectivity index (χ4n) is 3.28. The molecule has 6 heteroatoms. The van der Waals surface area contributed by atoms with Crippen LogP contribution in [0.3, 0.4) is 0 Å². The largest absolute Gasteiger partial charge is 0.480 e. The van der Waals surface area contributed by atoms with E-state index in [0.29, 0.717) is 11.4 Å². The molecule has 1 aromatic carbocycles. The SMILES string of the molecule is Cc1cccc(C)c1C1=C2N=CC=C(N(C)C)N2NC1(C)C(=O)O. The fraction of sp³-hybridized carbons (Fsp3) is 0.333. The Labute approximate surface area is 141 Å². The predicted molar refractivity (Wildman–Crippen MR) is 94.1 cm³/mol. The summed E-state index contributed by atoms with van der Waals surface area (Å²) in [5.74, 6) is 0.535. The highest BCUT2D eigenvalue weighted by Gasteiger charge is 2.50. The first-order valence-electron chi connectivity index (χ1n) is 7.81. The molecular formula is C18H22N4O2. The van der Waals surface area contributed by atoms with Crippen LogP contribution in [-0.2, 0) is 4.79 Å². The number of carboxylic acid groups (broad SMARTS) is 1. The molecule has 0 spiro atoms. The van der Waals surface area contributed by atoms with Gasteiger partial charge in [-0.15, -0.1) is 0 Å². The Hall–Kier alpha value is -2.60. The molecule has 2 heterocycles. The number of fused-ring (bicyclic) bond motifs is 1. The van der Waals surface area contributed by atoms with E-state index in [1.54, 1.807) is 18.1 Å². The van der Waals surface area contributed by atoms with Crippen LogP contribution in [0.4, 0.5) is 0 Å². The maximum absolute atomic E-state index is 12.1. The van der Waals surface area contributed by atoms with Crippen LogP contribution >= 0.6 is 0 Å². The third kappa shape index (κ3) is 2.22. The topological polar surface area (TPSA) is 68.2 Å². The summed E-state index contributed by atoms with van der Waals surface area (Å²) in [6.07, 6.45) is 3.57. The number of carbonyl (C=O) groups is 1. The van der Waals surface area contributed by atoms with E-state index in [2.05, 4.69) is 10.4 Å². The molecule has 2 N–H and O–H groups in total. The van der Waals surface area contributed by atoms with Gasteiger partial charge >= 0.3 is 5.97 Å². The maximum atomic E-state index is 12.1. The van der Waals surface area contributed by atoms with Gasteiger partial charge in [-0.25, -0.2) is 20.2 Å². The van der Waals surface area contributed by atoms with E-state index in [1.807, 2.05) is 57.1 Å². The zero-order valence-electron chi connectivity index (χ0n) is 14.6. The number of carboxylic acids is 1. The molecule has 0 bridgehead atoms. The van der Waals surface area contributed by atoms with Gasteiger partial charge in [-0.1, -0.05) is 18.2 Å². The van der Waals surface area contributed by atoms with Gasteiger partial charge in [0.05, 0.1) is 0 Å². The monoisotopic (exact) mass is 326 g/mol. The molecule has 1 aromatic rings. The lowest BCUT2D eigenvalue weighted by Gasteiger charge is -2.32. The van der Waals surface area contributed by atoms with E-state index in [4.69, 9.17) is 0 Å². The molecule has 3 rings (SSSR count). The van der Waals surface area contributed by atoms with E-state index in [9.17, 15) is 9.90 Å². The Balaban J connectivity index is 2.30. The van der Waals surface area contributed by atoms with Crippen molar-refractivity contribution in [3.63, 3.8) is 0 Å². The summed E-state index contributed by atoms with van der Waals surface area (Å²) in [5.41, 5.74) is 5.57. The van der Waals surface area contributed by atoms with Crippen LogP contribution in [0.5, 0.6) is 0 Å². The van der Waals surface area contributed by atoms with Gasteiger partial charge in [0, 0.05) is 25.9 Å². The molecule has 1 unspecified atom stereocenters. The first-order valence-corrected chi connectivity index (χ1v) is 7.81. The summed E-state index contributed by atoms with van der Waals surface area (Å²) in [7, 11) is 3.83. The number of allylic oxidation sites excluding steroid dienone is 1. The van der Waals surface area contributed by atoms with Crippen molar-refractivity contribution in [3.8, 4) is 0 Å². The molecule has 2 aliphatic heterocycles. The van der Waals surface area contributed by atoms with E-state index in [1.165, 1.54) is 0 Å². The third-order valence-electron chi connectivity index (χ3n) is 4.54. The van der Waals surface area contributed by atoms with Crippen LogP contribution in [-0.4, -0.2) is 46.8 Å². The van der Waals surface area contributed by atoms with Crippen molar-refractivity contribution in [3.05, 3.63) is 52.6 Å². The summed E-state index contributed by atoms with van der Waals surface area (Å²) < 4.78 is 0. The lowest BCUT2D eigenvalue weighted by Crippen LogP contribution is -2.52. The number of nitrogens with zero attached hydrogens (tertiary/aromatic N) is 3. The van der Waals surface area contributed by atoms with Crippen LogP contribution < -0.4 is 5.43 Å². The Kier molecular flexibility index (Phi) is 3.72. The average Bonchev–Trinajstić information content (AvgIpc) is 2.81. The number of rotatable bonds is 3. The van der Waals surface area contributed by atoms with Crippen LogP contribution in [0.1, 0.15) is 23.6 Å².